The molecule has 2 nitrogen and oxygen atoms in total. The van der Waals surface area contributed by atoms with Gasteiger partial charge in [-0.05, 0) is 22.3 Å². The van der Waals surface area contributed by atoms with Crippen molar-refractivity contribution >= 4 is 0 Å². The number of fused-ring (bicyclic) bond motifs is 2. The zero-order chi connectivity index (χ0) is 9.38. The molecule has 14 heavy (non-hydrogen) atoms. The van der Waals surface area contributed by atoms with Crippen LogP contribution < -0.4 is 0 Å². The topological polar surface area (TPSA) is 18.5 Å². The lowest BCUT2D eigenvalue weighted by Crippen LogP contribution is -1.90. The minimum atomic E-state index is 0.750. The van der Waals surface area contributed by atoms with Crippen LogP contribution >= 0.6 is 0 Å². The van der Waals surface area contributed by atoms with Crippen LogP contribution in [0.3, 0.4) is 0 Å². The zero-order valence-corrected chi connectivity index (χ0v) is 7.95. The minimum Gasteiger partial charge on any atom is -0.372 e. The molecular weight excluding hydrogens is 176 g/mol. The Bertz CT molecular complexity index is 309. The van der Waals surface area contributed by atoms with E-state index in [9.17, 15) is 0 Å². The van der Waals surface area contributed by atoms with Gasteiger partial charge in [-0.3, -0.25) is 0 Å². The maximum absolute atomic E-state index is 5.40. The smallest absolute Gasteiger partial charge is 0.0724 e. The van der Waals surface area contributed by atoms with Crippen molar-refractivity contribution in [3.8, 4) is 0 Å². The third-order valence-electron chi connectivity index (χ3n) is 2.83. The van der Waals surface area contributed by atoms with E-state index in [1.54, 1.807) is 0 Å². The van der Waals surface area contributed by atoms with Gasteiger partial charge in [-0.1, -0.05) is 24.3 Å². The van der Waals surface area contributed by atoms with Gasteiger partial charge in [0.15, 0.2) is 0 Å². The first kappa shape index (κ1) is 8.21. The molecule has 2 saturated heterocycles. The van der Waals surface area contributed by atoms with Crippen molar-refractivity contribution < 1.29 is 9.47 Å². The Hall–Kier alpha value is -1.12. The summed E-state index contributed by atoms with van der Waals surface area (Å²) in [6, 6.07) is 0. The maximum Gasteiger partial charge on any atom is 0.0724 e. The van der Waals surface area contributed by atoms with Crippen molar-refractivity contribution in [1.82, 2.24) is 0 Å². The molecule has 3 rings (SSSR count). The first-order valence-electron chi connectivity index (χ1n) is 4.89. The molecule has 2 fully saturated rings. The van der Waals surface area contributed by atoms with Gasteiger partial charge in [0.05, 0.1) is 26.4 Å². The summed E-state index contributed by atoms with van der Waals surface area (Å²) in [4.78, 5) is 0. The van der Waals surface area contributed by atoms with E-state index in [1.807, 2.05) is 0 Å². The summed E-state index contributed by atoms with van der Waals surface area (Å²) in [6.45, 7) is 3.00. The number of ether oxygens (including phenoxy) is 2. The van der Waals surface area contributed by atoms with E-state index in [4.69, 9.17) is 9.47 Å². The lowest BCUT2D eigenvalue weighted by Gasteiger charge is -2.02. The van der Waals surface area contributed by atoms with Crippen LogP contribution in [0.5, 0.6) is 0 Å². The summed E-state index contributed by atoms with van der Waals surface area (Å²) in [5.74, 6) is 0. The molecular formula is C12H12O2. The summed E-state index contributed by atoms with van der Waals surface area (Å²) < 4.78 is 10.8. The fourth-order valence-corrected chi connectivity index (χ4v) is 1.94. The molecule has 72 valence electrons. The largest absolute Gasteiger partial charge is 0.372 e. The second-order valence-electron chi connectivity index (χ2n) is 3.75. The van der Waals surface area contributed by atoms with Gasteiger partial charge in [0.2, 0.25) is 0 Å². The fraction of sp³-hybridized carbons (Fsp3) is 0.333. The van der Waals surface area contributed by atoms with Crippen LogP contribution in [-0.2, 0) is 9.47 Å². The van der Waals surface area contributed by atoms with Crippen molar-refractivity contribution in [2.45, 2.75) is 0 Å². The standard InChI is InChI=1S/C12H12O2/c1-2-10-6-14-8-12(10)4-3-11-7-13-5-9(1)11/h1-4H,5-8H2/b2-1?,4-3?,9-1-,10-2-,11-3-,12-4-. The normalized spacial score (nSPS) is 40.0. The fourth-order valence-electron chi connectivity index (χ4n) is 1.94. The molecule has 2 aliphatic heterocycles. The van der Waals surface area contributed by atoms with Gasteiger partial charge < -0.3 is 9.47 Å². The first-order chi connectivity index (χ1) is 6.93. The van der Waals surface area contributed by atoms with Crippen LogP contribution in [0, 0.1) is 0 Å². The van der Waals surface area contributed by atoms with Crippen molar-refractivity contribution in [1.29, 1.82) is 0 Å². The van der Waals surface area contributed by atoms with Gasteiger partial charge >= 0.3 is 0 Å². The quantitative estimate of drug-likeness (QED) is 0.576. The highest BCUT2D eigenvalue weighted by Crippen LogP contribution is 2.25. The van der Waals surface area contributed by atoms with E-state index in [1.165, 1.54) is 22.3 Å². The summed E-state index contributed by atoms with van der Waals surface area (Å²) in [6.07, 6.45) is 8.65. The van der Waals surface area contributed by atoms with Gasteiger partial charge in [-0.25, -0.2) is 0 Å². The Morgan fingerprint density at radius 1 is 0.571 bits per heavy atom. The van der Waals surface area contributed by atoms with Crippen LogP contribution in [0.1, 0.15) is 0 Å². The monoisotopic (exact) mass is 188 g/mol. The van der Waals surface area contributed by atoms with E-state index < -0.39 is 0 Å². The van der Waals surface area contributed by atoms with Crippen LogP contribution in [-0.4, -0.2) is 26.4 Å². The molecule has 0 aromatic carbocycles. The molecule has 0 saturated carbocycles. The third kappa shape index (κ3) is 1.27. The van der Waals surface area contributed by atoms with Crippen LogP contribution in [0.25, 0.3) is 0 Å². The molecule has 0 aromatic heterocycles. The highest BCUT2D eigenvalue weighted by atomic mass is 16.5. The van der Waals surface area contributed by atoms with E-state index in [0.717, 1.165) is 26.4 Å². The highest BCUT2D eigenvalue weighted by molar-refractivity contribution is 5.48. The molecule has 0 spiro atoms. The predicted octanol–water partition coefficient (Wildman–Crippen LogP) is 1.77. The highest BCUT2D eigenvalue weighted by Gasteiger charge is 2.17. The second kappa shape index (κ2) is 3.23. The second-order valence-corrected chi connectivity index (χ2v) is 3.75. The molecule has 2 heterocycles. The van der Waals surface area contributed by atoms with Crippen LogP contribution in [0.2, 0.25) is 0 Å². The Labute approximate surface area is 83.2 Å². The maximum atomic E-state index is 5.40. The molecule has 0 atom stereocenters. The number of hydrogen-bond acceptors (Lipinski definition) is 2. The molecule has 0 N–H and O–H groups in total. The first-order valence-corrected chi connectivity index (χ1v) is 4.89. The Balaban J connectivity index is 2.05. The lowest BCUT2D eigenvalue weighted by molar-refractivity contribution is 0.214. The van der Waals surface area contributed by atoms with E-state index in [0.29, 0.717) is 0 Å². The summed E-state index contributed by atoms with van der Waals surface area (Å²) in [5, 5.41) is 0. The molecule has 0 aromatic rings. The Kier molecular flexibility index (Phi) is 1.89. The summed E-state index contributed by atoms with van der Waals surface area (Å²) in [5.41, 5.74) is 5.22. The number of allylic oxidation sites excluding steroid dienone is 4. The average molecular weight is 188 g/mol. The molecule has 0 amide bonds. The third-order valence-corrected chi connectivity index (χ3v) is 2.83. The molecule has 1 aliphatic carbocycles. The summed E-state index contributed by atoms with van der Waals surface area (Å²) in [7, 11) is 0. The van der Waals surface area contributed by atoms with Crippen molar-refractivity contribution in [3.63, 3.8) is 0 Å². The summed E-state index contributed by atoms with van der Waals surface area (Å²) >= 11 is 0. The zero-order valence-electron chi connectivity index (χ0n) is 7.95. The SMILES string of the molecule is C1=C2/COC/C2=C/C=C2/COC/C2=C/1. The Morgan fingerprint density at radius 2 is 0.857 bits per heavy atom. The predicted molar refractivity (Wildman–Crippen MR) is 54.0 cm³/mol. The molecule has 0 radical (unpaired) electrons. The molecule has 3 aliphatic rings. The van der Waals surface area contributed by atoms with Gasteiger partial charge in [0.1, 0.15) is 0 Å². The molecule has 0 unspecified atom stereocenters. The van der Waals surface area contributed by atoms with Gasteiger partial charge in [-0.15, -0.1) is 0 Å². The van der Waals surface area contributed by atoms with E-state index in [-0.39, 0.29) is 0 Å². The van der Waals surface area contributed by atoms with Crippen molar-refractivity contribution in [2.75, 3.05) is 26.4 Å². The molecule has 2 heteroatoms. The van der Waals surface area contributed by atoms with Gasteiger partial charge in [0, 0.05) is 0 Å². The molecule has 0 bridgehead atoms. The average Bonchev–Trinajstić information content (AvgIpc) is 2.75. The van der Waals surface area contributed by atoms with E-state index >= 15 is 0 Å². The lowest BCUT2D eigenvalue weighted by atomic mass is 10.0. The minimum absolute atomic E-state index is 0.750. The van der Waals surface area contributed by atoms with E-state index in [2.05, 4.69) is 24.3 Å². The number of hydrogen-bond donors (Lipinski definition) is 0. The Morgan fingerprint density at radius 3 is 1.14 bits per heavy atom. The van der Waals surface area contributed by atoms with Crippen molar-refractivity contribution in [2.24, 2.45) is 0 Å². The van der Waals surface area contributed by atoms with Gasteiger partial charge in [-0.2, -0.15) is 0 Å². The van der Waals surface area contributed by atoms with Crippen LogP contribution in [0.4, 0.5) is 0 Å². The van der Waals surface area contributed by atoms with Crippen molar-refractivity contribution in [3.05, 3.63) is 46.6 Å². The van der Waals surface area contributed by atoms with Crippen LogP contribution in [0.15, 0.2) is 46.6 Å². The van der Waals surface area contributed by atoms with Gasteiger partial charge in [0.25, 0.3) is 0 Å². The number of rotatable bonds is 0.